The van der Waals surface area contributed by atoms with Gasteiger partial charge in [-0.3, -0.25) is 0 Å². The molecule has 1 aliphatic rings. The second-order valence-electron chi connectivity index (χ2n) is 5.07. The van der Waals surface area contributed by atoms with E-state index in [2.05, 4.69) is 20.8 Å². The zero-order valence-electron chi connectivity index (χ0n) is 9.18. The summed E-state index contributed by atoms with van der Waals surface area (Å²) in [7, 11) is 0. The molecule has 0 N–H and O–H groups in total. The third-order valence-electron chi connectivity index (χ3n) is 3.78. The maximum Gasteiger partial charge on any atom is 0.125 e. The van der Waals surface area contributed by atoms with Crippen molar-refractivity contribution in [3.8, 4) is 0 Å². The highest BCUT2D eigenvalue weighted by molar-refractivity contribution is 5.58. The fourth-order valence-corrected chi connectivity index (χ4v) is 2.41. The van der Waals surface area contributed by atoms with Gasteiger partial charge in [-0.05, 0) is 24.7 Å². The smallest absolute Gasteiger partial charge is 0.125 e. The van der Waals surface area contributed by atoms with E-state index >= 15 is 0 Å². The fourth-order valence-electron chi connectivity index (χ4n) is 2.41. The number of carbonyl (C=O) groups is 1. The average molecular weight is 182 g/mol. The maximum absolute atomic E-state index is 10.9. The van der Waals surface area contributed by atoms with Crippen LogP contribution in [0.1, 0.15) is 52.9 Å². The molecule has 0 spiro atoms. The highest BCUT2D eigenvalue weighted by Crippen LogP contribution is 2.39. The van der Waals surface area contributed by atoms with Gasteiger partial charge in [0, 0.05) is 5.41 Å². The van der Waals surface area contributed by atoms with E-state index in [-0.39, 0.29) is 5.41 Å². The fraction of sp³-hybridized carbons (Fsp3) is 0.917. The molecule has 1 nitrogen and oxygen atoms in total. The molecule has 0 aromatic carbocycles. The van der Waals surface area contributed by atoms with Crippen LogP contribution in [-0.4, -0.2) is 6.29 Å². The minimum Gasteiger partial charge on any atom is -0.303 e. The maximum atomic E-state index is 10.9. The van der Waals surface area contributed by atoms with Gasteiger partial charge in [0.05, 0.1) is 0 Å². The molecule has 0 aromatic heterocycles. The van der Waals surface area contributed by atoms with Crippen LogP contribution in [0.15, 0.2) is 0 Å². The molecule has 0 aliphatic heterocycles. The SMILES string of the molecule is CCC1CCC(C(C)(C)C=O)CC1. The van der Waals surface area contributed by atoms with Crippen LogP contribution < -0.4 is 0 Å². The predicted octanol–water partition coefficient (Wildman–Crippen LogP) is 3.43. The van der Waals surface area contributed by atoms with E-state index in [1.165, 1.54) is 32.1 Å². The summed E-state index contributed by atoms with van der Waals surface area (Å²) >= 11 is 0. The summed E-state index contributed by atoms with van der Waals surface area (Å²) in [6, 6.07) is 0. The number of hydrogen-bond acceptors (Lipinski definition) is 1. The Balaban J connectivity index is 2.45. The van der Waals surface area contributed by atoms with Crippen LogP contribution in [0.4, 0.5) is 0 Å². The molecule has 1 rings (SSSR count). The van der Waals surface area contributed by atoms with Crippen LogP contribution in [0, 0.1) is 17.3 Å². The van der Waals surface area contributed by atoms with E-state index in [9.17, 15) is 4.79 Å². The number of rotatable bonds is 3. The average Bonchev–Trinajstić information content (AvgIpc) is 2.18. The Bertz CT molecular complexity index is 164. The van der Waals surface area contributed by atoms with E-state index in [1.54, 1.807) is 0 Å². The molecule has 0 atom stereocenters. The van der Waals surface area contributed by atoms with E-state index in [0.717, 1.165) is 12.2 Å². The van der Waals surface area contributed by atoms with E-state index < -0.39 is 0 Å². The quantitative estimate of drug-likeness (QED) is 0.611. The summed E-state index contributed by atoms with van der Waals surface area (Å²) in [5.41, 5.74) is -0.0846. The Labute approximate surface area is 81.9 Å². The summed E-state index contributed by atoms with van der Waals surface area (Å²) in [6.07, 6.45) is 7.63. The Hall–Kier alpha value is -0.330. The monoisotopic (exact) mass is 182 g/mol. The second-order valence-corrected chi connectivity index (χ2v) is 5.07. The van der Waals surface area contributed by atoms with E-state index in [0.29, 0.717) is 5.92 Å². The number of aldehydes is 1. The first kappa shape index (κ1) is 10.7. The minimum atomic E-state index is -0.0846. The lowest BCUT2D eigenvalue weighted by Gasteiger charge is -2.35. The molecule has 13 heavy (non-hydrogen) atoms. The van der Waals surface area contributed by atoms with Crippen molar-refractivity contribution >= 4 is 6.29 Å². The Kier molecular flexibility index (Phi) is 3.52. The molecule has 1 fully saturated rings. The normalized spacial score (nSPS) is 30.1. The third kappa shape index (κ3) is 2.55. The second kappa shape index (κ2) is 4.26. The van der Waals surface area contributed by atoms with Crippen LogP contribution in [0.5, 0.6) is 0 Å². The van der Waals surface area contributed by atoms with Crippen LogP contribution in [0.2, 0.25) is 0 Å². The summed E-state index contributed by atoms with van der Waals surface area (Å²) < 4.78 is 0. The van der Waals surface area contributed by atoms with Crippen LogP contribution in [-0.2, 0) is 4.79 Å². The molecule has 76 valence electrons. The largest absolute Gasteiger partial charge is 0.303 e. The van der Waals surface area contributed by atoms with Gasteiger partial charge in [0.25, 0.3) is 0 Å². The lowest BCUT2D eigenvalue weighted by Crippen LogP contribution is -2.29. The van der Waals surface area contributed by atoms with Gasteiger partial charge in [0.2, 0.25) is 0 Å². The molecule has 0 bridgehead atoms. The molecule has 0 saturated heterocycles. The van der Waals surface area contributed by atoms with E-state index in [1.807, 2.05) is 0 Å². The number of hydrogen-bond donors (Lipinski definition) is 0. The van der Waals surface area contributed by atoms with Crippen molar-refractivity contribution in [3.05, 3.63) is 0 Å². The molecule has 0 amide bonds. The van der Waals surface area contributed by atoms with Crippen LogP contribution >= 0.6 is 0 Å². The first-order valence-electron chi connectivity index (χ1n) is 5.56. The molecule has 1 aliphatic carbocycles. The lowest BCUT2D eigenvalue weighted by atomic mass is 9.69. The van der Waals surface area contributed by atoms with E-state index in [4.69, 9.17) is 0 Å². The van der Waals surface area contributed by atoms with Crippen molar-refractivity contribution < 1.29 is 4.79 Å². The standard InChI is InChI=1S/C12H22O/c1-4-10-5-7-11(8-6-10)12(2,3)9-13/h9-11H,4-8H2,1-3H3. The Morgan fingerprint density at radius 3 is 2.15 bits per heavy atom. The zero-order chi connectivity index (χ0) is 9.90. The van der Waals surface area contributed by atoms with Gasteiger partial charge >= 0.3 is 0 Å². The van der Waals surface area contributed by atoms with Crippen molar-refractivity contribution in [2.75, 3.05) is 0 Å². The highest BCUT2D eigenvalue weighted by atomic mass is 16.1. The summed E-state index contributed by atoms with van der Waals surface area (Å²) in [5.74, 6) is 1.56. The van der Waals surface area contributed by atoms with Crippen LogP contribution in [0.3, 0.4) is 0 Å². The third-order valence-corrected chi connectivity index (χ3v) is 3.78. The van der Waals surface area contributed by atoms with Gasteiger partial charge in [-0.25, -0.2) is 0 Å². The first-order valence-corrected chi connectivity index (χ1v) is 5.56. The molecule has 0 unspecified atom stereocenters. The summed E-state index contributed by atoms with van der Waals surface area (Å²) in [6.45, 7) is 6.43. The molecule has 1 saturated carbocycles. The molecular formula is C12H22O. The van der Waals surface area contributed by atoms with Crippen molar-refractivity contribution in [1.29, 1.82) is 0 Å². The Morgan fingerprint density at radius 1 is 1.23 bits per heavy atom. The van der Waals surface area contributed by atoms with Crippen LogP contribution in [0.25, 0.3) is 0 Å². The summed E-state index contributed by atoms with van der Waals surface area (Å²) in [4.78, 5) is 10.9. The number of carbonyl (C=O) groups excluding carboxylic acids is 1. The lowest BCUT2D eigenvalue weighted by molar-refractivity contribution is -0.117. The molecule has 0 radical (unpaired) electrons. The van der Waals surface area contributed by atoms with Gasteiger partial charge in [0.15, 0.2) is 0 Å². The Morgan fingerprint density at radius 2 is 1.77 bits per heavy atom. The van der Waals surface area contributed by atoms with Gasteiger partial charge in [-0.1, -0.05) is 40.0 Å². The molecule has 0 aromatic rings. The zero-order valence-corrected chi connectivity index (χ0v) is 9.18. The van der Waals surface area contributed by atoms with Gasteiger partial charge < -0.3 is 4.79 Å². The van der Waals surface area contributed by atoms with Gasteiger partial charge in [0.1, 0.15) is 6.29 Å². The molecule has 1 heteroatoms. The topological polar surface area (TPSA) is 17.1 Å². The minimum absolute atomic E-state index is 0.0846. The van der Waals surface area contributed by atoms with Crippen molar-refractivity contribution in [1.82, 2.24) is 0 Å². The molecule has 0 heterocycles. The van der Waals surface area contributed by atoms with Crippen molar-refractivity contribution in [2.45, 2.75) is 52.9 Å². The highest BCUT2D eigenvalue weighted by Gasteiger charge is 2.32. The summed E-state index contributed by atoms with van der Waals surface area (Å²) in [5, 5.41) is 0. The molecular weight excluding hydrogens is 160 g/mol. The predicted molar refractivity (Wildman–Crippen MR) is 55.6 cm³/mol. The van der Waals surface area contributed by atoms with Crippen molar-refractivity contribution in [3.63, 3.8) is 0 Å². The van der Waals surface area contributed by atoms with Gasteiger partial charge in [-0.2, -0.15) is 0 Å². The first-order chi connectivity index (χ1) is 6.10. The van der Waals surface area contributed by atoms with Crippen molar-refractivity contribution in [2.24, 2.45) is 17.3 Å². The van der Waals surface area contributed by atoms with Gasteiger partial charge in [-0.15, -0.1) is 0 Å².